The monoisotopic (exact) mass is 367 g/mol. The van der Waals surface area contributed by atoms with Gasteiger partial charge < -0.3 is 10.1 Å². The second-order valence-electron chi connectivity index (χ2n) is 7.31. The summed E-state index contributed by atoms with van der Waals surface area (Å²) in [5.41, 5.74) is 4.00. The van der Waals surface area contributed by atoms with Crippen molar-refractivity contribution in [3.63, 3.8) is 0 Å². The van der Waals surface area contributed by atoms with E-state index in [0.717, 1.165) is 29.5 Å². The first-order chi connectivity index (χ1) is 13.0. The van der Waals surface area contributed by atoms with Crippen molar-refractivity contribution in [3.05, 3.63) is 76.6 Å². The lowest BCUT2D eigenvalue weighted by molar-refractivity contribution is -0.116. The Bertz CT molecular complexity index is 838. The molecule has 3 nitrogen and oxygen atoms in total. The van der Waals surface area contributed by atoms with Crippen molar-refractivity contribution in [2.45, 2.75) is 32.1 Å². The Hall–Kier alpha value is -2.46. The molecule has 0 atom stereocenters. The number of aryl methyl sites for hydroxylation is 2. The van der Waals surface area contributed by atoms with Gasteiger partial charge in [0.2, 0.25) is 5.91 Å². The Labute approximate surface area is 160 Å². The van der Waals surface area contributed by atoms with Crippen LogP contribution in [0.15, 0.2) is 48.5 Å². The van der Waals surface area contributed by atoms with Crippen molar-refractivity contribution in [1.82, 2.24) is 5.32 Å². The highest BCUT2D eigenvalue weighted by Gasteiger charge is 2.34. The number of benzene rings is 2. The molecule has 4 heteroatoms. The van der Waals surface area contributed by atoms with Gasteiger partial charge in [0.05, 0.1) is 0 Å². The lowest BCUT2D eigenvalue weighted by atomic mass is 9.74. The minimum Gasteiger partial charge on any atom is -0.381 e. The van der Waals surface area contributed by atoms with Gasteiger partial charge in [-0.1, -0.05) is 35.9 Å². The molecule has 27 heavy (non-hydrogen) atoms. The largest absolute Gasteiger partial charge is 0.381 e. The molecule has 1 saturated heterocycles. The van der Waals surface area contributed by atoms with Crippen LogP contribution in [-0.2, 0) is 14.9 Å². The van der Waals surface area contributed by atoms with Crippen LogP contribution in [0.5, 0.6) is 0 Å². The molecule has 0 spiro atoms. The smallest absolute Gasteiger partial charge is 0.244 e. The first kappa shape index (κ1) is 19.3. The molecule has 3 rings (SSSR count). The van der Waals surface area contributed by atoms with E-state index in [1.807, 2.05) is 38.1 Å². The minimum absolute atomic E-state index is 0.141. The van der Waals surface area contributed by atoms with E-state index in [4.69, 9.17) is 4.74 Å². The van der Waals surface area contributed by atoms with Crippen LogP contribution in [0.25, 0.3) is 6.08 Å². The maximum Gasteiger partial charge on any atom is 0.244 e. The second-order valence-corrected chi connectivity index (χ2v) is 7.31. The summed E-state index contributed by atoms with van der Waals surface area (Å²) in [4.78, 5) is 12.4. The molecule has 1 N–H and O–H groups in total. The molecular formula is C23H26FNO2. The molecular weight excluding hydrogens is 341 g/mol. The zero-order valence-electron chi connectivity index (χ0n) is 15.9. The third-order valence-corrected chi connectivity index (χ3v) is 5.33. The van der Waals surface area contributed by atoms with Gasteiger partial charge in [-0.15, -0.1) is 0 Å². The highest BCUT2D eigenvalue weighted by molar-refractivity contribution is 5.92. The van der Waals surface area contributed by atoms with Gasteiger partial charge in [0.15, 0.2) is 0 Å². The standard InChI is InChI=1S/C23H26FNO2/c1-17-6-7-19(18(2)14-17)8-9-22(26)25-16-23(10-12-27-13-11-23)20-4-3-5-21(24)15-20/h3-9,14-15H,10-13,16H2,1-2H3,(H,25,26). The van der Waals surface area contributed by atoms with E-state index in [1.54, 1.807) is 18.2 Å². The fraction of sp³-hybridized carbons (Fsp3) is 0.348. The summed E-state index contributed by atoms with van der Waals surface area (Å²) in [5, 5.41) is 3.01. The lowest BCUT2D eigenvalue weighted by Crippen LogP contribution is -2.44. The molecule has 1 heterocycles. The van der Waals surface area contributed by atoms with E-state index in [0.29, 0.717) is 19.8 Å². The molecule has 142 valence electrons. The zero-order chi connectivity index (χ0) is 19.3. The fourth-order valence-electron chi connectivity index (χ4n) is 3.64. The van der Waals surface area contributed by atoms with Crippen molar-refractivity contribution < 1.29 is 13.9 Å². The number of nitrogens with one attached hydrogen (secondary N) is 1. The first-order valence-corrected chi connectivity index (χ1v) is 9.35. The Morgan fingerprint density at radius 2 is 1.96 bits per heavy atom. The van der Waals surface area contributed by atoms with E-state index in [2.05, 4.69) is 11.4 Å². The molecule has 0 aliphatic carbocycles. The predicted octanol–water partition coefficient (Wildman–Crippen LogP) is 4.32. The van der Waals surface area contributed by atoms with Crippen molar-refractivity contribution in [2.24, 2.45) is 0 Å². The predicted molar refractivity (Wildman–Crippen MR) is 106 cm³/mol. The molecule has 0 bridgehead atoms. The van der Waals surface area contributed by atoms with Crippen molar-refractivity contribution in [1.29, 1.82) is 0 Å². The fourth-order valence-corrected chi connectivity index (χ4v) is 3.64. The summed E-state index contributed by atoms with van der Waals surface area (Å²) in [6, 6.07) is 12.8. The average Bonchev–Trinajstić information content (AvgIpc) is 2.66. The van der Waals surface area contributed by atoms with Gasteiger partial charge in [-0.2, -0.15) is 0 Å². The van der Waals surface area contributed by atoms with Gasteiger partial charge in [0.1, 0.15) is 5.82 Å². The summed E-state index contributed by atoms with van der Waals surface area (Å²) in [6.07, 6.45) is 4.92. The minimum atomic E-state index is -0.288. The maximum absolute atomic E-state index is 13.7. The normalized spacial score (nSPS) is 16.4. The number of amides is 1. The topological polar surface area (TPSA) is 38.3 Å². The number of carbonyl (C=O) groups excluding carboxylic acids is 1. The molecule has 2 aromatic rings. The van der Waals surface area contributed by atoms with Crippen LogP contribution in [0.3, 0.4) is 0 Å². The third kappa shape index (κ3) is 4.83. The SMILES string of the molecule is Cc1ccc(C=CC(=O)NCC2(c3cccc(F)c3)CCOCC2)c(C)c1. The quantitative estimate of drug-likeness (QED) is 0.799. The molecule has 1 fully saturated rings. The highest BCUT2D eigenvalue weighted by Crippen LogP contribution is 2.34. The van der Waals surface area contributed by atoms with Crippen LogP contribution in [0.4, 0.5) is 4.39 Å². The molecule has 0 radical (unpaired) electrons. The van der Waals surface area contributed by atoms with Crippen molar-refractivity contribution >= 4 is 12.0 Å². The highest BCUT2D eigenvalue weighted by atomic mass is 19.1. The Morgan fingerprint density at radius 1 is 1.19 bits per heavy atom. The first-order valence-electron chi connectivity index (χ1n) is 9.35. The average molecular weight is 367 g/mol. The van der Waals surface area contributed by atoms with Crippen LogP contribution in [-0.4, -0.2) is 25.7 Å². The summed E-state index contributed by atoms with van der Waals surface area (Å²) in [5.74, 6) is -0.392. The van der Waals surface area contributed by atoms with Gasteiger partial charge in [-0.05, 0) is 61.6 Å². The molecule has 1 aliphatic rings. The summed E-state index contributed by atoms with van der Waals surface area (Å²) in [7, 11) is 0. The van der Waals surface area contributed by atoms with Crippen molar-refractivity contribution in [2.75, 3.05) is 19.8 Å². The molecule has 1 amide bonds. The number of carbonyl (C=O) groups is 1. The zero-order valence-corrected chi connectivity index (χ0v) is 15.9. The number of ether oxygens (including phenoxy) is 1. The molecule has 0 unspecified atom stereocenters. The van der Waals surface area contributed by atoms with Crippen LogP contribution >= 0.6 is 0 Å². The maximum atomic E-state index is 13.7. The molecule has 2 aromatic carbocycles. The van der Waals surface area contributed by atoms with Gasteiger partial charge in [-0.25, -0.2) is 4.39 Å². The van der Waals surface area contributed by atoms with Crippen LogP contribution in [0.2, 0.25) is 0 Å². The number of hydrogen-bond acceptors (Lipinski definition) is 2. The van der Waals surface area contributed by atoms with Gasteiger partial charge in [0, 0.05) is 31.2 Å². The van der Waals surface area contributed by atoms with E-state index < -0.39 is 0 Å². The van der Waals surface area contributed by atoms with Crippen LogP contribution < -0.4 is 5.32 Å². The van der Waals surface area contributed by atoms with Crippen molar-refractivity contribution in [3.8, 4) is 0 Å². The van der Waals surface area contributed by atoms with Crippen LogP contribution in [0.1, 0.15) is 35.1 Å². The number of rotatable bonds is 5. The Kier molecular flexibility index (Phi) is 6.07. The molecule has 0 saturated carbocycles. The van der Waals surface area contributed by atoms with Gasteiger partial charge >= 0.3 is 0 Å². The third-order valence-electron chi connectivity index (χ3n) is 5.33. The summed E-state index contributed by atoms with van der Waals surface area (Å²) < 4.78 is 19.2. The second kappa shape index (κ2) is 8.49. The van der Waals surface area contributed by atoms with E-state index >= 15 is 0 Å². The van der Waals surface area contributed by atoms with Gasteiger partial charge in [-0.3, -0.25) is 4.79 Å². The van der Waals surface area contributed by atoms with Gasteiger partial charge in [0.25, 0.3) is 0 Å². The van der Waals surface area contributed by atoms with Crippen LogP contribution in [0, 0.1) is 19.7 Å². The summed E-state index contributed by atoms with van der Waals surface area (Å²) in [6.45, 7) is 5.78. The summed E-state index contributed by atoms with van der Waals surface area (Å²) >= 11 is 0. The number of hydrogen-bond donors (Lipinski definition) is 1. The lowest BCUT2D eigenvalue weighted by Gasteiger charge is -2.37. The van der Waals surface area contributed by atoms with E-state index in [9.17, 15) is 9.18 Å². The molecule has 0 aromatic heterocycles. The number of halogens is 1. The molecule has 1 aliphatic heterocycles. The Balaban J connectivity index is 1.70. The Morgan fingerprint density at radius 3 is 2.67 bits per heavy atom. The van der Waals surface area contributed by atoms with E-state index in [-0.39, 0.29) is 17.1 Å². The van der Waals surface area contributed by atoms with E-state index in [1.165, 1.54) is 11.6 Å².